The molecule has 0 radical (unpaired) electrons. The molecule has 0 aromatic heterocycles. The van der Waals surface area contributed by atoms with Crippen LogP contribution in [0.3, 0.4) is 0 Å². The molecule has 3 nitrogen and oxygen atoms in total. The fourth-order valence-corrected chi connectivity index (χ4v) is 0.231. The van der Waals surface area contributed by atoms with Crippen molar-refractivity contribution in [1.29, 1.82) is 0 Å². The fourth-order valence-electron chi connectivity index (χ4n) is 0.231. The topological polar surface area (TPSA) is 49.7 Å². The largest absolute Gasteiger partial charge is 0.394 e. The Labute approximate surface area is 70.1 Å². The van der Waals surface area contributed by atoms with Crippen LogP contribution in [0.15, 0.2) is 0 Å². The minimum atomic E-state index is 0.0278. The summed E-state index contributed by atoms with van der Waals surface area (Å²) in [7, 11) is 0. The lowest BCUT2D eigenvalue weighted by atomic mass is 10.7. The molecule has 2 N–H and O–H groups in total. The van der Waals surface area contributed by atoms with Gasteiger partial charge in [-0.2, -0.15) is 0 Å². The van der Waals surface area contributed by atoms with Crippen molar-refractivity contribution in [1.82, 2.24) is 0 Å². The zero-order chi connectivity index (χ0) is 8.24. The van der Waals surface area contributed by atoms with Crippen molar-refractivity contribution in [3.63, 3.8) is 0 Å². The van der Waals surface area contributed by atoms with Crippen LogP contribution in [0.25, 0.3) is 0 Å². The molecule has 0 bridgehead atoms. The van der Waals surface area contributed by atoms with E-state index in [1.807, 2.05) is 6.92 Å². The van der Waals surface area contributed by atoms with E-state index in [0.29, 0.717) is 13.2 Å². The van der Waals surface area contributed by atoms with E-state index in [1.165, 1.54) is 0 Å². The average molecular weight is 215 g/mol. The number of rotatable bonds is 4. The highest BCUT2D eigenvalue weighted by molar-refractivity contribution is 9.09. The van der Waals surface area contributed by atoms with Gasteiger partial charge in [0.05, 0.1) is 26.4 Å². The smallest absolute Gasteiger partial charge is 0.0698 e. The predicted molar refractivity (Wildman–Crippen MR) is 44.5 cm³/mol. The van der Waals surface area contributed by atoms with E-state index in [0.717, 1.165) is 5.33 Å². The van der Waals surface area contributed by atoms with Crippen LogP contribution in [0.2, 0.25) is 0 Å². The molecule has 0 rings (SSSR count). The van der Waals surface area contributed by atoms with Crippen LogP contribution in [0.5, 0.6) is 0 Å². The number of hydrogen-bond donors (Lipinski definition) is 2. The monoisotopic (exact) mass is 214 g/mol. The highest BCUT2D eigenvalue weighted by Crippen LogP contribution is 1.68. The van der Waals surface area contributed by atoms with Crippen molar-refractivity contribution in [3.8, 4) is 0 Å². The highest BCUT2D eigenvalue weighted by Gasteiger charge is 1.79. The van der Waals surface area contributed by atoms with Gasteiger partial charge < -0.3 is 14.9 Å². The van der Waals surface area contributed by atoms with Gasteiger partial charge in [-0.1, -0.05) is 22.9 Å². The van der Waals surface area contributed by atoms with Crippen molar-refractivity contribution in [2.45, 2.75) is 6.92 Å². The van der Waals surface area contributed by atoms with Gasteiger partial charge in [0.2, 0.25) is 0 Å². The summed E-state index contributed by atoms with van der Waals surface area (Å²) in [6, 6.07) is 0. The Balaban J connectivity index is 0. The Bertz CT molecular complexity index is 40.0. The summed E-state index contributed by atoms with van der Waals surface area (Å²) in [5.74, 6) is 0. The molecule has 64 valence electrons. The van der Waals surface area contributed by atoms with E-state index >= 15 is 0 Å². The SMILES string of the molecule is CCBr.OCCOCCO. The molecule has 0 aromatic rings. The van der Waals surface area contributed by atoms with Crippen LogP contribution < -0.4 is 0 Å². The summed E-state index contributed by atoms with van der Waals surface area (Å²) in [4.78, 5) is 0. The number of ether oxygens (including phenoxy) is 1. The number of halogens is 1. The van der Waals surface area contributed by atoms with E-state index in [2.05, 4.69) is 20.7 Å². The maximum atomic E-state index is 8.09. The molecule has 0 aromatic carbocycles. The Morgan fingerprint density at radius 1 is 1.20 bits per heavy atom. The third-order valence-corrected chi connectivity index (χ3v) is 0.471. The van der Waals surface area contributed by atoms with Crippen LogP contribution >= 0.6 is 15.9 Å². The van der Waals surface area contributed by atoms with E-state index in [4.69, 9.17) is 10.2 Å². The van der Waals surface area contributed by atoms with Gasteiger partial charge in [0.25, 0.3) is 0 Å². The normalized spacial score (nSPS) is 8.40. The molecule has 0 atom stereocenters. The number of hydrogen-bond acceptors (Lipinski definition) is 3. The number of alkyl halides is 1. The lowest BCUT2D eigenvalue weighted by Crippen LogP contribution is -2.03. The van der Waals surface area contributed by atoms with E-state index in [9.17, 15) is 0 Å². The average Bonchev–Trinajstić information content (AvgIpc) is 1.91. The lowest BCUT2D eigenvalue weighted by molar-refractivity contribution is 0.0650. The van der Waals surface area contributed by atoms with Gasteiger partial charge in [-0.05, 0) is 0 Å². The first-order valence-corrected chi connectivity index (χ1v) is 4.31. The number of aliphatic hydroxyl groups excluding tert-OH is 2. The molecular formula is C6H15BrO3. The second-order valence-electron chi connectivity index (χ2n) is 1.33. The molecule has 0 unspecified atom stereocenters. The summed E-state index contributed by atoms with van der Waals surface area (Å²) in [5, 5.41) is 17.2. The van der Waals surface area contributed by atoms with Crippen molar-refractivity contribution >= 4 is 15.9 Å². The molecular weight excluding hydrogens is 200 g/mol. The third kappa shape index (κ3) is 23.8. The standard InChI is InChI=1S/C4H10O3.C2H5Br/c5-1-3-7-4-2-6;1-2-3/h5-6H,1-4H2;2H2,1H3. The van der Waals surface area contributed by atoms with E-state index in [-0.39, 0.29) is 13.2 Å². The molecule has 0 aliphatic heterocycles. The van der Waals surface area contributed by atoms with Crippen LogP contribution in [0.1, 0.15) is 6.92 Å². The van der Waals surface area contributed by atoms with Crippen molar-refractivity contribution in [2.75, 3.05) is 31.8 Å². The van der Waals surface area contributed by atoms with Gasteiger partial charge in [-0.3, -0.25) is 0 Å². The van der Waals surface area contributed by atoms with Gasteiger partial charge >= 0.3 is 0 Å². The van der Waals surface area contributed by atoms with Gasteiger partial charge in [-0.25, -0.2) is 0 Å². The molecule has 0 heterocycles. The molecule has 0 saturated carbocycles. The molecule has 0 aliphatic rings. The third-order valence-electron chi connectivity index (χ3n) is 0.471. The van der Waals surface area contributed by atoms with Gasteiger partial charge in [0.1, 0.15) is 0 Å². The zero-order valence-corrected chi connectivity index (χ0v) is 7.80. The maximum absolute atomic E-state index is 8.09. The number of aliphatic hydroxyl groups is 2. The Hall–Kier alpha value is 0.360. The van der Waals surface area contributed by atoms with Crippen molar-refractivity contribution in [2.24, 2.45) is 0 Å². The Morgan fingerprint density at radius 2 is 1.50 bits per heavy atom. The summed E-state index contributed by atoms with van der Waals surface area (Å²) in [5.41, 5.74) is 0. The Morgan fingerprint density at radius 3 is 1.70 bits per heavy atom. The van der Waals surface area contributed by atoms with E-state index < -0.39 is 0 Å². The molecule has 4 heteroatoms. The molecule has 0 saturated heterocycles. The molecule has 0 amide bonds. The summed E-state index contributed by atoms with van der Waals surface area (Å²) < 4.78 is 4.63. The molecule has 0 fully saturated rings. The highest BCUT2D eigenvalue weighted by atomic mass is 79.9. The Kier molecular flexibility index (Phi) is 21.0. The minimum absolute atomic E-state index is 0.0278. The quantitative estimate of drug-likeness (QED) is 0.526. The van der Waals surface area contributed by atoms with Crippen LogP contribution in [-0.4, -0.2) is 42.0 Å². The van der Waals surface area contributed by atoms with Crippen molar-refractivity contribution < 1.29 is 14.9 Å². The van der Waals surface area contributed by atoms with E-state index in [1.54, 1.807) is 0 Å². The second-order valence-corrected chi connectivity index (χ2v) is 2.45. The second kappa shape index (κ2) is 16.2. The van der Waals surface area contributed by atoms with Crippen LogP contribution in [0.4, 0.5) is 0 Å². The molecule has 10 heavy (non-hydrogen) atoms. The first-order chi connectivity index (χ1) is 4.83. The first kappa shape index (κ1) is 13.0. The van der Waals surface area contributed by atoms with Crippen molar-refractivity contribution in [3.05, 3.63) is 0 Å². The van der Waals surface area contributed by atoms with Gasteiger partial charge in [0, 0.05) is 5.33 Å². The fraction of sp³-hybridized carbons (Fsp3) is 1.00. The minimum Gasteiger partial charge on any atom is -0.394 e. The van der Waals surface area contributed by atoms with Crippen LogP contribution in [-0.2, 0) is 4.74 Å². The predicted octanol–water partition coefficient (Wildman–Crippen LogP) is 0.389. The molecule has 0 spiro atoms. The van der Waals surface area contributed by atoms with Gasteiger partial charge in [-0.15, -0.1) is 0 Å². The zero-order valence-electron chi connectivity index (χ0n) is 6.22. The summed E-state index contributed by atoms with van der Waals surface area (Å²) >= 11 is 3.15. The summed E-state index contributed by atoms with van der Waals surface area (Å²) in [6.45, 7) is 2.74. The molecule has 0 aliphatic carbocycles. The lowest BCUT2D eigenvalue weighted by Gasteiger charge is -1.94. The van der Waals surface area contributed by atoms with Gasteiger partial charge in [0.15, 0.2) is 0 Å². The first-order valence-electron chi connectivity index (χ1n) is 3.18. The summed E-state index contributed by atoms with van der Waals surface area (Å²) in [6.07, 6.45) is 0. The van der Waals surface area contributed by atoms with Crippen LogP contribution in [0, 0.1) is 0 Å². The maximum Gasteiger partial charge on any atom is 0.0698 e.